The van der Waals surface area contributed by atoms with Crippen molar-refractivity contribution in [3.05, 3.63) is 107 Å². The third-order valence-electron chi connectivity index (χ3n) is 7.43. The van der Waals surface area contributed by atoms with Gasteiger partial charge in [0, 0.05) is 11.6 Å². The zero-order chi connectivity index (χ0) is 31.0. The third-order valence-corrected chi connectivity index (χ3v) is 7.43. The van der Waals surface area contributed by atoms with Gasteiger partial charge in [0.15, 0.2) is 5.78 Å². The van der Waals surface area contributed by atoms with Crippen molar-refractivity contribution in [3.8, 4) is 11.5 Å². The minimum atomic E-state index is -0.375. The molecule has 0 radical (unpaired) electrons. The number of halogens is 1. The van der Waals surface area contributed by atoms with Crippen LogP contribution in [0.25, 0.3) is 11.6 Å². The summed E-state index contributed by atoms with van der Waals surface area (Å²) in [7, 11) is 0. The maximum atomic E-state index is 13.0. The zero-order valence-electron chi connectivity index (χ0n) is 25.1. The number of rotatable bonds is 19. The summed E-state index contributed by atoms with van der Waals surface area (Å²) >= 11 is 0. The molecule has 230 valence electrons. The average Bonchev–Trinajstić information content (AvgIpc) is 3.38. The van der Waals surface area contributed by atoms with E-state index in [1.165, 1.54) is 74.9 Å². The topological polar surface area (TPSA) is 81.7 Å². The van der Waals surface area contributed by atoms with Crippen LogP contribution in [0.5, 0.6) is 11.5 Å². The highest BCUT2D eigenvalue weighted by Gasteiger charge is 2.21. The van der Waals surface area contributed by atoms with E-state index in [4.69, 9.17) is 9.47 Å². The second-order valence-electron chi connectivity index (χ2n) is 10.9. The Morgan fingerprint density at radius 3 is 1.66 bits per heavy atom. The molecule has 0 saturated carbocycles. The highest BCUT2D eigenvalue weighted by molar-refractivity contribution is 6.33. The number of benzene rings is 3. The second-order valence-corrected chi connectivity index (χ2v) is 10.9. The predicted octanol–water partition coefficient (Wildman–Crippen LogP) is 8.12. The van der Waals surface area contributed by atoms with Gasteiger partial charge in [-0.15, -0.1) is 0 Å². The Hall–Kier alpha value is -4.52. The Morgan fingerprint density at radius 2 is 1.16 bits per heavy atom. The number of imide groups is 1. The lowest BCUT2D eigenvalue weighted by Crippen LogP contribution is -2.21. The number of hydrogen-bond donors (Lipinski definition) is 1. The standard InChI is InChI=1S/C37H40FNO5/c38-31-18-14-30(15-19-31)35(40)24-13-28-11-20-32(21-12-28)43-25-9-7-5-3-1-2-4-6-8-10-26-44-33-22-16-29(17-23-33)34-27-36(41)39-37(34)42/h11-24,27H,1-10,25-26H2,(H,39,41,42). The van der Waals surface area contributed by atoms with Crippen LogP contribution in [0.15, 0.2) is 84.9 Å². The van der Waals surface area contributed by atoms with E-state index in [0.29, 0.717) is 29.9 Å². The summed E-state index contributed by atoms with van der Waals surface area (Å²) in [5.41, 5.74) is 2.46. The van der Waals surface area contributed by atoms with Crippen molar-refractivity contribution in [3.63, 3.8) is 0 Å². The summed E-state index contributed by atoms with van der Waals surface area (Å²) in [6.45, 7) is 1.37. The van der Waals surface area contributed by atoms with Gasteiger partial charge in [-0.1, -0.05) is 81.7 Å². The summed E-state index contributed by atoms with van der Waals surface area (Å²) in [6, 6.07) is 20.5. The Balaban J connectivity index is 0.949. The first-order valence-electron chi connectivity index (χ1n) is 15.5. The smallest absolute Gasteiger partial charge is 0.258 e. The van der Waals surface area contributed by atoms with Crippen LogP contribution in [0.1, 0.15) is 85.7 Å². The summed E-state index contributed by atoms with van der Waals surface area (Å²) in [5, 5.41) is 2.26. The third kappa shape index (κ3) is 11.0. The molecule has 7 heteroatoms. The minimum absolute atomic E-state index is 0.162. The fraction of sp³-hybridized carbons (Fsp3) is 0.324. The van der Waals surface area contributed by atoms with Gasteiger partial charge in [0.1, 0.15) is 17.3 Å². The van der Waals surface area contributed by atoms with Crippen LogP contribution in [-0.4, -0.2) is 30.8 Å². The highest BCUT2D eigenvalue weighted by atomic mass is 19.1. The minimum Gasteiger partial charge on any atom is -0.494 e. The van der Waals surface area contributed by atoms with E-state index >= 15 is 0 Å². The largest absolute Gasteiger partial charge is 0.494 e. The number of unbranched alkanes of at least 4 members (excludes halogenated alkanes) is 9. The molecule has 44 heavy (non-hydrogen) atoms. The van der Waals surface area contributed by atoms with Crippen LogP contribution < -0.4 is 14.8 Å². The molecule has 6 nitrogen and oxygen atoms in total. The second kappa shape index (κ2) is 17.6. The molecule has 0 saturated heterocycles. The molecule has 0 aromatic heterocycles. The lowest BCUT2D eigenvalue weighted by Gasteiger charge is -2.08. The first-order chi connectivity index (χ1) is 21.5. The molecule has 3 aromatic carbocycles. The molecule has 0 atom stereocenters. The van der Waals surface area contributed by atoms with E-state index in [-0.39, 0.29) is 23.4 Å². The molecule has 2 amide bonds. The van der Waals surface area contributed by atoms with Gasteiger partial charge in [0.25, 0.3) is 11.8 Å². The predicted molar refractivity (Wildman–Crippen MR) is 171 cm³/mol. The van der Waals surface area contributed by atoms with Gasteiger partial charge >= 0.3 is 0 Å². The van der Waals surface area contributed by atoms with Gasteiger partial charge in [-0.25, -0.2) is 4.39 Å². The highest BCUT2D eigenvalue weighted by Crippen LogP contribution is 2.22. The molecule has 0 bridgehead atoms. The molecule has 1 heterocycles. The van der Waals surface area contributed by atoms with Gasteiger partial charge in [0.2, 0.25) is 0 Å². The Kier molecular flexibility index (Phi) is 12.9. The van der Waals surface area contributed by atoms with E-state index in [0.717, 1.165) is 42.7 Å². The van der Waals surface area contributed by atoms with Crippen molar-refractivity contribution in [2.24, 2.45) is 0 Å². The Bertz CT molecular complexity index is 1430. The number of ether oxygens (including phenoxy) is 2. The van der Waals surface area contributed by atoms with Crippen molar-refractivity contribution in [1.82, 2.24) is 5.32 Å². The summed E-state index contributed by atoms with van der Waals surface area (Å²) in [5.74, 6) is 0.333. The number of amides is 2. The van der Waals surface area contributed by atoms with Crippen LogP contribution in [0.3, 0.4) is 0 Å². The van der Waals surface area contributed by atoms with Crippen LogP contribution in [0.4, 0.5) is 4.39 Å². The fourth-order valence-corrected chi connectivity index (χ4v) is 4.91. The van der Waals surface area contributed by atoms with E-state index in [9.17, 15) is 18.8 Å². The lowest BCUT2D eigenvalue weighted by molar-refractivity contribution is -0.123. The molecular weight excluding hydrogens is 557 g/mol. The maximum Gasteiger partial charge on any atom is 0.258 e. The normalized spacial score (nSPS) is 12.8. The van der Waals surface area contributed by atoms with Gasteiger partial charge < -0.3 is 9.47 Å². The van der Waals surface area contributed by atoms with Gasteiger partial charge in [-0.2, -0.15) is 0 Å². The summed E-state index contributed by atoms with van der Waals surface area (Å²) in [6.07, 6.45) is 16.4. The van der Waals surface area contributed by atoms with Crippen molar-refractivity contribution >= 4 is 29.2 Å². The maximum absolute atomic E-state index is 13.0. The number of nitrogens with one attached hydrogen (secondary N) is 1. The van der Waals surface area contributed by atoms with Crippen LogP contribution >= 0.6 is 0 Å². The lowest BCUT2D eigenvalue weighted by atomic mass is 10.1. The fourth-order valence-electron chi connectivity index (χ4n) is 4.91. The van der Waals surface area contributed by atoms with Crippen LogP contribution in [0, 0.1) is 5.82 Å². The molecule has 0 aliphatic carbocycles. The number of hydrogen-bond acceptors (Lipinski definition) is 5. The van der Waals surface area contributed by atoms with Crippen molar-refractivity contribution < 1.29 is 28.2 Å². The monoisotopic (exact) mass is 597 g/mol. The SMILES string of the molecule is O=C1C=C(c2ccc(OCCCCCCCCCCCCOc3ccc(C=CC(=O)c4ccc(F)cc4)cc3)cc2)C(=O)N1. The molecule has 0 fully saturated rings. The van der Waals surface area contributed by atoms with Crippen molar-refractivity contribution in [2.75, 3.05) is 13.2 Å². The summed E-state index contributed by atoms with van der Waals surface area (Å²) < 4.78 is 24.7. The molecule has 0 spiro atoms. The number of allylic oxidation sites excluding steroid dienone is 1. The van der Waals surface area contributed by atoms with E-state index in [2.05, 4.69) is 5.32 Å². The number of carbonyl (C=O) groups excluding carboxylic acids is 3. The van der Waals surface area contributed by atoms with Crippen molar-refractivity contribution in [1.29, 1.82) is 0 Å². The molecule has 1 aliphatic rings. The first-order valence-corrected chi connectivity index (χ1v) is 15.5. The quantitative estimate of drug-likeness (QED) is 0.0653. The molecule has 1 N–H and O–H groups in total. The molecular formula is C37H40FNO5. The Morgan fingerprint density at radius 1 is 0.659 bits per heavy atom. The molecule has 0 unspecified atom stereocenters. The number of carbonyl (C=O) groups is 3. The van der Waals surface area contributed by atoms with Gasteiger partial charge in [-0.3, -0.25) is 19.7 Å². The van der Waals surface area contributed by atoms with E-state index < -0.39 is 0 Å². The molecule has 1 aliphatic heterocycles. The number of ketones is 1. The van der Waals surface area contributed by atoms with Crippen molar-refractivity contribution in [2.45, 2.75) is 64.2 Å². The van der Waals surface area contributed by atoms with Crippen LogP contribution in [-0.2, 0) is 9.59 Å². The first kappa shape index (κ1) is 32.4. The molecule has 4 rings (SSSR count). The van der Waals surface area contributed by atoms with Gasteiger partial charge in [-0.05, 0) is 78.6 Å². The zero-order valence-corrected chi connectivity index (χ0v) is 25.1. The van der Waals surface area contributed by atoms with E-state index in [1.54, 1.807) is 18.2 Å². The Labute approximate surface area is 259 Å². The average molecular weight is 598 g/mol. The van der Waals surface area contributed by atoms with E-state index in [1.807, 2.05) is 36.4 Å². The van der Waals surface area contributed by atoms with Crippen LogP contribution in [0.2, 0.25) is 0 Å². The summed E-state index contributed by atoms with van der Waals surface area (Å²) in [4.78, 5) is 35.2. The molecule has 3 aromatic rings. The van der Waals surface area contributed by atoms with Gasteiger partial charge in [0.05, 0.1) is 18.8 Å².